The molecule has 2 rings (SSSR count). The van der Waals surface area contributed by atoms with Crippen LogP contribution in [-0.4, -0.2) is 36.1 Å². The average Bonchev–Trinajstić information content (AvgIpc) is 2.62. The molecule has 0 aliphatic heterocycles. The summed E-state index contributed by atoms with van der Waals surface area (Å²) in [5, 5.41) is 8.66. The van der Waals surface area contributed by atoms with Crippen LogP contribution >= 0.6 is 0 Å². The molecular formula is C18H21NO4. The number of aliphatic hydroxyl groups is 1. The van der Waals surface area contributed by atoms with Crippen LogP contribution in [0.5, 0.6) is 0 Å². The predicted octanol–water partition coefficient (Wildman–Crippen LogP) is 1.79. The summed E-state index contributed by atoms with van der Waals surface area (Å²) in [4.78, 5) is 22.3. The molecule has 0 amide bonds. The van der Waals surface area contributed by atoms with E-state index in [1.54, 1.807) is 6.92 Å². The van der Waals surface area contributed by atoms with E-state index in [9.17, 15) is 9.59 Å². The van der Waals surface area contributed by atoms with E-state index in [0.717, 1.165) is 11.1 Å². The second kappa shape index (κ2) is 10.3. The first kappa shape index (κ1) is 18.5. The number of hydrogen-bond donors (Lipinski definition) is 2. The van der Waals surface area contributed by atoms with Crippen LogP contribution < -0.4 is 5.73 Å². The van der Waals surface area contributed by atoms with Gasteiger partial charge in [0, 0.05) is 17.7 Å². The molecule has 1 atom stereocenters. The Bertz CT molecular complexity index is 557. The third-order valence-electron chi connectivity index (χ3n) is 2.85. The Morgan fingerprint density at radius 3 is 1.78 bits per heavy atom. The number of hydrogen-bond acceptors (Lipinski definition) is 5. The van der Waals surface area contributed by atoms with Gasteiger partial charge in [-0.1, -0.05) is 60.7 Å². The van der Waals surface area contributed by atoms with E-state index in [0.29, 0.717) is 0 Å². The molecule has 0 radical (unpaired) electrons. The van der Waals surface area contributed by atoms with Crippen molar-refractivity contribution >= 4 is 11.8 Å². The van der Waals surface area contributed by atoms with Gasteiger partial charge in [-0.15, -0.1) is 0 Å². The van der Waals surface area contributed by atoms with Crippen molar-refractivity contribution < 1.29 is 19.4 Å². The number of esters is 1. The van der Waals surface area contributed by atoms with Crippen molar-refractivity contribution in [2.45, 2.75) is 13.0 Å². The van der Waals surface area contributed by atoms with Gasteiger partial charge in [0.05, 0.1) is 6.61 Å². The molecule has 2 aromatic rings. The minimum atomic E-state index is -1.16. The SMILES string of the molecule is CCOC(=O)C(O)CN.O=C(c1ccccc1)c1ccccc1. The van der Waals surface area contributed by atoms with Gasteiger partial charge in [0.1, 0.15) is 0 Å². The zero-order chi connectivity index (χ0) is 17.1. The molecule has 0 spiro atoms. The highest BCUT2D eigenvalue weighted by Crippen LogP contribution is 2.08. The zero-order valence-corrected chi connectivity index (χ0v) is 13.0. The Morgan fingerprint density at radius 1 is 1.00 bits per heavy atom. The largest absolute Gasteiger partial charge is 0.464 e. The van der Waals surface area contributed by atoms with E-state index in [1.807, 2.05) is 60.7 Å². The summed E-state index contributed by atoms with van der Waals surface area (Å²) in [6, 6.07) is 18.6. The molecule has 0 bridgehead atoms. The van der Waals surface area contributed by atoms with Gasteiger partial charge < -0.3 is 15.6 Å². The van der Waals surface area contributed by atoms with Crippen LogP contribution in [0.25, 0.3) is 0 Å². The van der Waals surface area contributed by atoms with Crippen molar-refractivity contribution in [3.05, 3.63) is 71.8 Å². The molecular weight excluding hydrogens is 294 g/mol. The standard InChI is InChI=1S/C13H10O.C5H11NO3/c14-13(11-7-3-1-4-8-11)12-9-5-2-6-10-12;1-2-9-5(8)4(7)3-6/h1-10H;4,7H,2-3,6H2,1H3. The molecule has 0 saturated carbocycles. The topological polar surface area (TPSA) is 89.6 Å². The third-order valence-corrected chi connectivity index (χ3v) is 2.85. The molecule has 122 valence electrons. The van der Waals surface area contributed by atoms with E-state index in [-0.39, 0.29) is 18.9 Å². The van der Waals surface area contributed by atoms with E-state index < -0.39 is 12.1 Å². The number of rotatable bonds is 5. The van der Waals surface area contributed by atoms with Crippen LogP contribution in [0, 0.1) is 0 Å². The number of carbonyl (C=O) groups excluding carboxylic acids is 2. The first-order chi connectivity index (χ1) is 11.1. The van der Waals surface area contributed by atoms with E-state index in [1.165, 1.54) is 0 Å². The summed E-state index contributed by atoms with van der Waals surface area (Å²) < 4.78 is 4.43. The van der Waals surface area contributed by atoms with Crippen LogP contribution in [0.1, 0.15) is 22.8 Å². The lowest BCUT2D eigenvalue weighted by molar-refractivity contribution is -0.152. The monoisotopic (exact) mass is 315 g/mol. The Balaban J connectivity index is 0.000000257. The van der Waals surface area contributed by atoms with Crippen molar-refractivity contribution in [1.29, 1.82) is 0 Å². The molecule has 0 aromatic heterocycles. The number of nitrogens with two attached hydrogens (primary N) is 1. The molecule has 0 aliphatic rings. The van der Waals surface area contributed by atoms with Crippen LogP contribution in [0.4, 0.5) is 0 Å². The second-order valence-electron chi connectivity index (χ2n) is 4.56. The lowest BCUT2D eigenvalue weighted by atomic mass is 10.0. The number of ketones is 1. The summed E-state index contributed by atoms with van der Waals surface area (Å²) >= 11 is 0. The second-order valence-corrected chi connectivity index (χ2v) is 4.56. The zero-order valence-electron chi connectivity index (χ0n) is 13.0. The fourth-order valence-electron chi connectivity index (χ4n) is 1.68. The fraction of sp³-hybridized carbons (Fsp3) is 0.222. The van der Waals surface area contributed by atoms with Crippen LogP contribution in [0.3, 0.4) is 0 Å². The number of carbonyl (C=O) groups is 2. The van der Waals surface area contributed by atoms with Crippen molar-refractivity contribution in [3.8, 4) is 0 Å². The molecule has 23 heavy (non-hydrogen) atoms. The Labute approximate surface area is 135 Å². The maximum absolute atomic E-state index is 11.8. The maximum atomic E-state index is 11.8. The normalized spacial score (nSPS) is 10.9. The van der Waals surface area contributed by atoms with Crippen molar-refractivity contribution in [2.75, 3.05) is 13.2 Å². The Hall–Kier alpha value is -2.50. The molecule has 0 aliphatic carbocycles. The summed E-state index contributed by atoms with van der Waals surface area (Å²) in [5.41, 5.74) is 6.42. The van der Waals surface area contributed by atoms with Crippen molar-refractivity contribution in [2.24, 2.45) is 5.73 Å². The number of benzene rings is 2. The van der Waals surface area contributed by atoms with E-state index in [4.69, 9.17) is 10.8 Å². The van der Waals surface area contributed by atoms with Crippen LogP contribution in [0.2, 0.25) is 0 Å². The van der Waals surface area contributed by atoms with Gasteiger partial charge in [0.15, 0.2) is 11.9 Å². The minimum Gasteiger partial charge on any atom is -0.464 e. The van der Waals surface area contributed by atoms with Gasteiger partial charge in [-0.3, -0.25) is 4.79 Å². The van der Waals surface area contributed by atoms with Gasteiger partial charge >= 0.3 is 5.97 Å². The Morgan fingerprint density at radius 2 is 1.43 bits per heavy atom. The average molecular weight is 315 g/mol. The van der Waals surface area contributed by atoms with Gasteiger partial charge in [-0.25, -0.2) is 4.79 Å². The quantitative estimate of drug-likeness (QED) is 0.648. The third kappa shape index (κ3) is 6.42. The highest BCUT2D eigenvalue weighted by Gasteiger charge is 2.12. The summed E-state index contributed by atoms with van der Waals surface area (Å²) in [7, 11) is 0. The van der Waals surface area contributed by atoms with E-state index in [2.05, 4.69) is 4.74 Å². The Kier molecular flexibility index (Phi) is 8.28. The number of aliphatic hydroxyl groups excluding tert-OH is 1. The molecule has 0 heterocycles. The summed E-state index contributed by atoms with van der Waals surface area (Å²) in [6.07, 6.45) is -1.16. The van der Waals surface area contributed by atoms with Crippen LogP contribution in [0.15, 0.2) is 60.7 Å². The smallest absolute Gasteiger partial charge is 0.336 e. The number of ether oxygens (including phenoxy) is 1. The molecule has 2 aromatic carbocycles. The first-order valence-electron chi connectivity index (χ1n) is 7.29. The van der Waals surface area contributed by atoms with E-state index >= 15 is 0 Å². The summed E-state index contributed by atoms with van der Waals surface area (Å²) in [6.45, 7) is 1.86. The lowest BCUT2D eigenvalue weighted by Gasteiger charge is -2.04. The van der Waals surface area contributed by atoms with Gasteiger partial charge in [0.25, 0.3) is 0 Å². The van der Waals surface area contributed by atoms with Gasteiger partial charge in [-0.05, 0) is 6.92 Å². The van der Waals surface area contributed by atoms with Gasteiger partial charge in [0.2, 0.25) is 0 Å². The van der Waals surface area contributed by atoms with Crippen molar-refractivity contribution in [3.63, 3.8) is 0 Å². The lowest BCUT2D eigenvalue weighted by Crippen LogP contribution is -2.30. The molecule has 0 fully saturated rings. The highest BCUT2D eigenvalue weighted by molar-refractivity contribution is 6.08. The minimum absolute atomic E-state index is 0.0752. The predicted molar refractivity (Wildman–Crippen MR) is 88.0 cm³/mol. The van der Waals surface area contributed by atoms with Crippen molar-refractivity contribution in [1.82, 2.24) is 0 Å². The molecule has 1 unspecified atom stereocenters. The molecule has 3 N–H and O–H groups in total. The van der Waals surface area contributed by atoms with Crippen LogP contribution in [-0.2, 0) is 9.53 Å². The highest BCUT2D eigenvalue weighted by atomic mass is 16.5. The van der Waals surface area contributed by atoms with Gasteiger partial charge in [-0.2, -0.15) is 0 Å². The fourth-order valence-corrected chi connectivity index (χ4v) is 1.68. The maximum Gasteiger partial charge on any atom is 0.336 e. The summed E-state index contributed by atoms with van der Waals surface area (Å²) in [5.74, 6) is -0.578. The molecule has 5 nitrogen and oxygen atoms in total. The first-order valence-corrected chi connectivity index (χ1v) is 7.29. The molecule has 5 heteroatoms. The molecule has 0 saturated heterocycles.